The van der Waals surface area contributed by atoms with Crippen molar-refractivity contribution in [3.05, 3.63) is 34.9 Å². The Morgan fingerprint density at radius 1 is 1.42 bits per heavy atom. The highest BCUT2D eigenvalue weighted by molar-refractivity contribution is 6.31. The molecule has 0 N–H and O–H groups in total. The molecule has 0 aromatic heterocycles. The summed E-state index contributed by atoms with van der Waals surface area (Å²) in [4.78, 5) is 0. The first kappa shape index (κ1) is 7.64. The Bertz CT molecular complexity index is 340. The maximum absolute atomic E-state index is 8.64. The molecule has 1 aliphatic carbocycles. The number of hydrogen-bond acceptors (Lipinski definition) is 1. The average molecular weight is 178 g/mol. The molecule has 2 heteroatoms. The Morgan fingerprint density at radius 3 is 2.75 bits per heavy atom. The van der Waals surface area contributed by atoms with Crippen molar-refractivity contribution in [3.8, 4) is 6.07 Å². The number of rotatable bonds is 1. The van der Waals surface area contributed by atoms with Gasteiger partial charge in [-0.3, -0.25) is 0 Å². The van der Waals surface area contributed by atoms with E-state index in [2.05, 4.69) is 6.07 Å². The van der Waals surface area contributed by atoms with E-state index in [4.69, 9.17) is 16.9 Å². The van der Waals surface area contributed by atoms with Gasteiger partial charge in [0.25, 0.3) is 0 Å². The van der Waals surface area contributed by atoms with Gasteiger partial charge in [0, 0.05) is 10.9 Å². The van der Waals surface area contributed by atoms with E-state index >= 15 is 0 Å². The van der Waals surface area contributed by atoms with Crippen LogP contribution in [-0.4, -0.2) is 0 Å². The van der Waals surface area contributed by atoms with E-state index in [0.29, 0.717) is 5.92 Å². The molecular formula is C10H8ClN. The third kappa shape index (κ3) is 1.19. The fourth-order valence-electron chi connectivity index (χ4n) is 1.46. The van der Waals surface area contributed by atoms with Gasteiger partial charge in [-0.05, 0) is 18.1 Å². The molecule has 0 spiro atoms. The van der Waals surface area contributed by atoms with Crippen LogP contribution in [0, 0.1) is 17.2 Å². The van der Waals surface area contributed by atoms with Gasteiger partial charge in [0.2, 0.25) is 0 Å². The van der Waals surface area contributed by atoms with Crippen molar-refractivity contribution in [2.75, 3.05) is 0 Å². The summed E-state index contributed by atoms with van der Waals surface area (Å²) in [7, 11) is 0. The van der Waals surface area contributed by atoms with Crippen molar-refractivity contribution in [1.29, 1.82) is 5.26 Å². The topological polar surface area (TPSA) is 23.8 Å². The Morgan fingerprint density at radius 2 is 2.17 bits per heavy atom. The summed E-state index contributed by atoms with van der Waals surface area (Å²) in [6.07, 6.45) is 0.972. The van der Waals surface area contributed by atoms with Crippen LogP contribution in [0.5, 0.6) is 0 Å². The minimum Gasteiger partial charge on any atom is -0.198 e. The standard InChI is InChI=1S/C10H8ClN/c11-10-4-2-1-3-8(10)9-5-7(9)6-12/h1-4,7,9H,5H2. The van der Waals surface area contributed by atoms with Crippen molar-refractivity contribution >= 4 is 11.6 Å². The molecular weight excluding hydrogens is 170 g/mol. The third-order valence-electron chi connectivity index (χ3n) is 2.26. The second kappa shape index (κ2) is 2.80. The normalized spacial score (nSPS) is 26.3. The van der Waals surface area contributed by atoms with Crippen LogP contribution in [0.4, 0.5) is 0 Å². The van der Waals surface area contributed by atoms with Gasteiger partial charge >= 0.3 is 0 Å². The van der Waals surface area contributed by atoms with Gasteiger partial charge in [-0.15, -0.1) is 0 Å². The van der Waals surface area contributed by atoms with Crippen LogP contribution in [0.3, 0.4) is 0 Å². The average Bonchev–Trinajstić information content (AvgIpc) is 2.84. The predicted molar refractivity (Wildman–Crippen MR) is 47.9 cm³/mol. The minimum atomic E-state index is 0.199. The molecule has 0 heterocycles. The monoisotopic (exact) mass is 177 g/mol. The molecule has 0 bridgehead atoms. The van der Waals surface area contributed by atoms with Crippen LogP contribution in [-0.2, 0) is 0 Å². The first-order valence-corrected chi connectivity index (χ1v) is 4.35. The summed E-state index contributed by atoms with van der Waals surface area (Å²) in [5.74, 6) is 0.591. The highest BCUT2D eigenvalue weighted by Crippen LogP contribution is 2.48. The Labute approximate surface area is 76.6 Å². The molecule has 2 atom stereocenters. The molecule has 0 saturated heterocycles. The number of nitriles is 1. The van der Waals surface area contributed by atoms with Gasteiger partial charge in [-0.25, -0.2) is 0 Å². The summed E-state index contributed by atoms with van der Waals surface area (Å²) < 4.78 is 0. The minimum absolute atomic E-state index is 0.199. The number of benzene rings is 1. The molecule has 1 aliphatic rings. The molecule has 1 saturated carbocycles. The van der Waals surface area contributed by atoms with Gasteiger partial charge in [-0.2, -0.15) is 5.26 Å². The van der Waals surface area contributed by atoms with Gasteiger partial charge in [0.15, 0.2) is 0 Å². The summed E-state index contributed by atoms with van der Waals surface area (Å²) in [5, 5.41) is 9.43. The number of hydrogen-bond donors (Lipinski definition) is 0. The van der Waals surface area contributed by atoms with Gasteiger partial charge in [0.1, 0.15) is 0 Å². The molecule has 0 aliphatic heterocycles. The lowest BCUT2D eigenvalue weighted by Crippen LogP contribution is -1.82. The molecule has 0 amide bonds. The maximum Gasteiger partial charge on any atom is 0.0662 e. The van der Waals surface area contributed by atoms with E-state index in [0.717, 1.165) is 17.0 Å². The van der Waals surface area contributed by atoms with Crippen molar-refractivity contribution in [2.45, 2.75) is 12.3 Å². The number of nitrogens with zero attached hydrogens (tertiary/aromatic N) is 1. The zero-order valence-corrected chi connectivity index (χ0v) is 7.25. The van der Waals surface area contributed by atoms with Crippen LogP contribution < -0.4 is 0 Å². The smallest absolute Gasteiger partial charge is 0.0662 e. The van der Waals surface area contributed by atoms with Gasteiger partial charge < -0.3 is 0 Å². The number of halogens is 1. The van der Waals surface area contributed by atoms with Crippen molar-refractivity contribution < 1.29 is 0 Å². The van der Waals surface area contributed by atoms with Gasteiger partial charge in [0.05, 0.1) is 12.0 Å². The highest BCUT2D eigenvalue weighted by atomic mass is 35.5. The van der Waals surface area contributed by atoms with E-state index in [1.54, 1.807) is 0 Å². The van der Waals surface area contributed by atoms with Crippen LogP contribution in [0.2, 0.25) is 5.02 Å². The largest absolute Gasteiger partial charge is 0.198 e. The molecule has 1 aromatic rings. The fourth-order valence-corrected chi connectivity index (χ4v) is 1.73. The zero-order valence-electron chi connectivity index (χ0n) is 6.50. The summed E-state index contributed by atoms with van der Waals surface area (Å²) in [6, 6.07) is 10.0. The van der Waals surface area contributed by atoms with Crippen LogP contribution >= 0.6 is 11.6 Å². The van der Waals surface area contributed by atoms with E-state index in [9.17, 15) is 0 Å². The summed E-state index contributed by atoms with van der Waals surface area (Å²) in [6.45, 7) is 0. The molecule has 60 valence electrons. The SMILES string of the molecule is N#CC1CC1c1ccccc1Cl. The fraction of sp³-hybridized carbons (Fsp3) is 0.300. The molecule has 1 fully saturated rings. The van der Waals surface area contributed by atoms with E-state index in [1.807, 2.05) is 24.3 Å². The molecule has 12 heavy (non-hydrogen) atoms. The molecule has 1 nitrogen and oxygen atoms in total. The first-order chi connectivity index (χ1) is 5.83. The van der Waals surface area contributed by atoms with Crippen LogP contribution in [0.25, 0.3) is 0 Å². The Balaban J connectivity index is 2.26. The maximum atomic E-state index is 8.64. The summed E-state index contributed by atoms with van der Waals surface area (Å²) in [5.41, 5.74) is 1.13. The molecule has 0 radical (unpaired) electrons. The van der Waals surface area contributed by atoms with E-state index < -0.39 is 0 Å². The molecule has 1 aromatic carbocycles. The quantitative estimate of drug-likeness (QED) is 0.647. The van der Waals surface area contributed by atoms with Crippen LogP contribution in [0.15, 0.2) is 24.3 Å². The highest BCUT2D eigenvalue weighted by Gasteiger charge is 2.39. The second-order valence-corrected chi connectivity index (χ2v) is 3.51. The van der Waals surface area contributed by atoms with Crippen LogP contribution in [0.1, 0.15) is 17.9 Å². The van der Waals surface area contributed by atoms with Gasteiger partial charge in [-0.1, -0.05) is 29.8 Å². The second-order valence-electron chi connectivity index (χ2n) is 3.10. The lowest BCUT2D eigenvalue weighted by molar-refractivity contribution is 1.02. The van der Waals surface area contributed by atoms with Crippen molar-refractivity contribution in [3.63, 3.8) is 0 Å². The Hall–Kier alpha value is -1.00. The predicted octanol–water partition coefficient (Wildman–Crippen LogP) is 2.97. The lowest BCUT2D eigenvalue weighted by atomic mass is 10.1. The zero-order chi connectivity index (χ0) is 8.55. The first-order valence-electron chi connectivity index (χ1n) is 3.97. The van der Waals surface area contributed by atoms with Crippen molar-refractivity contribution in [2.24, 2.45) is 5.92 Å². The van der Waals surface area contributed by atoms with E-state index in [1.165, 1.54) is 0 Å². The third-order valence-corrected chi connectivity index (χ3v) is 2.61. The van der Waals surface area contributed by atoms with Crippen molar-refractivity contribution in [1.82, 2.24) is 0 Å². The molecule has 2 rings (SSSR count). The Kier molecular flexibility index (Phi) is 1.78. The van der Waals surface area contributed by atoms with E-state index in [-0.39, 0.29) is 5.92 Å². The lowest BCUT2D eigenvalue weighted by Gasteiger charge is -1.99. The molecule has 2 unspecified atom stereocenters. The summed E-state index contributed by atoms with van der Waals surface area (Å²) >= 11 is 5.97.